The van der Waals surface area contributed by atoms with Gasteiger partial charge in [0, 0.05) is 25.4 Å². The van der Waals surface area contributed by atoms with E-state index in [1.807, 2.05) is 6.92 Å². The second-order valence-corrected chi connectivity index (χ2v) is 1.65. The number of rotatable bonds is 3. The Balaban J connectivity index is 3.52. The molecule has 0 aliphatic rings. The summed E-state index contributed by atoms with van der Waals surface area (Å²) in [5.74, 6) is 0.250. The molecule has 0 aliphatic carbocycles. The first-order valence-corrected chi connectivity index (χ1v) is 2.78. The van der Waals surface area contributed by atoms with Gasteiger partial charge in [-0.1, -0.05) is 6.92 Å². The van der Waals surface area contributed by atoms with Crippen LogP contribution in [0.3, 0.4) is 0 Å². The van der Waals surface area contributed by atoms with Crippen molar-refractivity contribution in [2.45, 2.75) is 13.3 Å². The third-order valence-corrected chi connectivity index (χ3v) is 1.03. The Morgan fingerprint density at radius 3 is 2.50 bits per heavy atom. The zero-order chi connectivity index (χ0) is 6.41. The molecule has 0 radical (unpaired) electrons. The molecule has 8 heavy (non-hydrogen) atoms. The first kappa shape index (κ1) is 7.34. The quantitative estimate of drug-likeness (QED) is 0.535. The van der Waals surface area contributed by atoms with Gasteiger partial charge in [-0.2, -0.15) is 0 Å². The standard InChI is InChI=1S/C6H12N2/c1-3-6(4-7)5-8-2/h4-7H,3H2,1-2H3. The van der Waals surface area contributed by atoms with Gasteiger partial charge in [0.2, 0.25) is 0 Å². The van der Waals surface area contributed by atoms with Crippen LogP contribution in [0.2, 0.25) is 0 Å². The fraction of sp³-hybridized carbons (Fsp3) is 0.667. The summed E-state index contributed by atoms with van der Waals surface area (Å²) in [4.78, 5) is 3.80. The highest BCUT2D eigenvalue weighted by atomic mass is 14.6. The van der Waals surface area contributed by atoms with Crippen LogP contribution in [0.15, 0.2) is 4.99 Å². The number of hydrogen-bond donors (Lipinski definition) is 1. The van der Waals surface area contributed by atoms with Crippen molar-refractivity contribution in [1.82, 2.24) is 0 Å². The maximum absolute atomic E-state index is 6.85. The number of nitrogens with zero attached hydrogens (tertiary/aromatic N) is 1. The van der Waals surface area contributed by atoms with Crippen LogP contribution in [0, 0.1) is 11.3 Å². The summed E-state index contributed by atoms with van der Waals surface area (Å²) in [7, 11) is 1.73. The summed E-state index contributed by atoms with van der Waals surface area (Å²) in [5, 5.41) is 6.85. The van der Waals surface area contributed by atoms with Gasteiger partial charge in [0.05, 0.1) is 0 Å². The van der Waals surface area contributed by atoms with E-state index >= 15 is 0 Å². The second-order valence-electron chi connectivity index (χ2n) is 1.65. The van der Waals surface area contributed by atoms with Crippen LogP contribution in [0.25, 0.3) is 0 Å². The van der Waals surface area contributed by atoms with E-state index in [1.165, 1.54) is 6.21 Å². The monoisotopic (exact) mass is 112 g/mol. The third-order valence-electron chi connectivity index (χ3n) is 1.03. The molecule has 0 saturated heterocycles. The van der Waals surface area contributed by atoms with E-state index in [-0.39, 0.29) is 5.92 Å². The minimum atomic E-state index is 0.250. The van der Waals surface area contributed by atoms with E-state index in [2.05, 4.69) is 4.99 Å². The van der Waals surface area contributed by atoms with Crippen molar-refractivity contribution in [1.29, 1.82) is 5.41 Å². The van der Waals surface area contributed by atoms with E-state index in [0.29, 0.717) is 0 Å². The summed E-state index contributed by atoms with van der Waals surface area (Å²) in [5.41, 5.74) is 0. The molecule has 0 aromatic rings. The molecule has 0 aliphatic heterocycles. The fourth-order valence-electron chi connectivity index (χ4n) is 0.458. The highest BCUT2D eigenvalue weighted by Gasteiger charge is 1.92. The maximum atomic E-state index is 6.85. The molecular formula is C6H12N2. The van der Waals surface area contributed by atoms with Crippen molar-refractivity contribution in [3.63, 3.8) is 0 Å². The molecule has 0 rings (SSSR count). The van der Waals surface area contributed by atoms with E-state index in [0.717, 1.165) is 6.42 Å². The van der Waals surface area contributed by atoms with Crippen molar-refractivity contribution in [2.75, 3.05) is 7.05 Å². The Hall–Kier alpha value is -0.660. The molecule has 0 heterocycles. The van der Waals surface area contributed by atoms with Gasteiger partial charge in [0.25, 0.3) is 0 Å². The molecule has 2 nitrogen and oxygen atoms in total. The Morgan fingerprint density at radius 1 is 1.75 bits per heavy atom. The van der Waals surface area contributed by atoms with Gasteiger partial charge >= 0.3 is 0 Å². The zero-order valence-electron chi connectivity index (χ0n) is 5.39. The largest absolute Gasteiger partial charge is 0.312 e. The molecule has 0 spiro atoms. The lowest BCUT2D eigenvalue weighted by Gasteiger charge is -1.95. The average Bonchev–Trinajstić information content (AvgIpc) is 1.83. The predicted molar refractivity (Wildman–Crippen MR) is 37.0 cm³/mol. The third kappa shape index (κ3) is 2.50. The molecule has 0 bridgehead atoms. The normalized spacial score (nSPS) is 14.2. The Labute approximate surface area is 50.1 Å². The first-order valence-electron chi connectivity index (χ1n) is 2.78. The van der Waals surface area contributed by atoms with Crippen LogP contribution < -0.4 is 0 Å². The van der Waals surface area contributed by atoms with Gasteiger partial charge in [0.15, 0.2) is 0 Å². The molecule has 1 unspecified atom stereocenters. The smallest absolute Gasteiger partial charge is 0.0283 e. The van der Waals surface area contributed by atoms with Crippen molar-refractivity contribution in [3.8, 4) is 0 Å². The van der Waals surface area contributed by atoms with Gasteiger partial charge < -0.3 is 10.4 Å². The summed E-state index contributed by atoms with van der Waals surface area (Å²) < 4.78 is 0. The maximum Gasteiger partial charge on any atom is 0.0283 e. The lowest BCUT2D eigenvalue weighted by atomic mass is 10.1. The van der Waals surface area contributed by atoms with E-state index < -0.39 is 0 Å². The van der Waals surface area contributed by atoms with Crippen LogP contribution in [-0.4, -0.2) is 19.5 Å². The van der Waals surface area contributed by atoms with Crippen LogP contribution in [0.4, 0.5) is 0 Å². The van der Waals surface area contributed by atoms with E-state index in [4.69, 9.17) is 5.41 Å². The summed E-state index contributed by atoms with van der Waals surface area (Å²) in [6.07, 6.45) is 4.17. The average molecular weight is 112 g/mol. The van der Waals surface area contributed by atoms with E-state index in [1.54, 1.807) is 13.3 Å². The molecular weight excluding hydrogens is 100 g/mol. The summed E-state index contributed by atoms with van der Waals surface area (Å²) in [6, 6.07) is 0. The molecule has 1 N–H and O–H groups in total. The van der Waals surface area contributed by atoms with Crippen molar-refractivity contribution < 1.29 is 0 Å². The summed E-state index contributed by atoms with van der Waals surface area (Å²) in [6.45, 7) is 2.04. The van der Waals surface area contributed by atoms with Crippen molar-refractivity contribution >= 4 is 12.4 Å². The lowest BCUT2D eigenvalue weighted by Crippen LogP contribution is -1.99. The molecule has 0 aromatic carbocycles. The molecule has 0 saturated carbocycles. The molecule has 1 atom stereocenters. The van der Waals surface area contributed by atoms with E-state index in [9.17, 15) is 0 Å². The minimum absolute atomic E-state index is 0.250. The van der Waals surface area contributed by atoms with Crippen LogP contribution in [0.5, 0.6) is 0 Å². The lowest BCUT2D eigenvalue weighted by molar-refractivity contribution is 0.882. The molecule has 0 fully saturated rings. The second kappa shape index (κ2) is 4.50. The van der Waals surface area contributed by atoms with Crippen LogP contribution in [0.1, 0.15) is 13.3 Å². The molecule has 2 heteroatoms. The number of aliphatic imine (C=N–C) groups is 1. The Kier molecular flexibility index (Phi) is 4.13. The van der Waals surface area contributed by atoms with Gasteiger partial charge in [-0.05, 0) is 6.42 Å². The van der Waals surface area contributed by atoms with Crippen LogP contribution >= 0.6 is 0 Å². The van der Waals surface area contributed by atoms with Crippen molar-refractivity contribution in [2.24, 2.45) is 10.9 Å². The highest BCUT2D eigenvalue weighted by molar-refractivity contribution is 5.81. The first-order chi connectivity index (χ1) is 3.85. The molecule has 0 aromatic heterocycles. The molecule has 46 valence electrons. The zero-order valence-corrected chi connectivity index (χ0v) is 5.39. The van der Waals surface area contributed by atoms with Gasteiger partial charge in [-0.3, -0.25) is 0 Å². The number of nitrogens with one attached hydrogen (secondary N) is 1. The van der Waals surface area contributed by atoms with Gasteiger partial charge in [-0.25, -0.2) is 0 Å². The van der Waals surface area contributed by atoms with Gasteiger partial charge in [0.1, 0.15) is 0 Å². The van der Waals surface area contributed by atoms with Crippen molar-refractivity contribution in [3.05, 3.63) is 0 Å². The molecule has 0 amide bonds. The Morgan fingerprint density at radius 2 is 2.38 bits per heavy atom. The Bertz CT molecular complexity index is 86.5. The number of hydrogen-bond acceptors (Lipinski definition) is 2. The fourth-order valence-corrected chi connectivity index (χ4v) is 0.458. The van der Waals surface area contributed by atoms with Gasteiger partial charge in [-0.15, -0.1) is 0 Å². The predicted octanol–water partition coefficient (Wildman–Crippen LogP) is 1.36. The summed E-state index contributed by atoms with van der Waals surface area (Å²) >= 11 is 0. The minimum Gasteiger partial charge on any atom is -0.312 e. The van der Waals surface area contributed by atoms with Crippen LogP contribution in [-0.2, 0) is 0 Å². The topological polar surface area (TPSA) is 36.2 Å². The SMILES string of the molecule is CCC(C=N)C=NC. The highest BCUT2D eigenvalue weighted by Crippen LogP contribution is 1.91.